The maximum absolute atomic E-state index is 13.4. The first kappa shape index (κ1) is 12.2. The molecule has 4 heteroatoms. The van der Waals surface area contributed by atoms with Gasteiger partial charge in [0.15, 0.2) is 0 Å². The summed E-state index contributed by atoms with van der Waals surface area (Å²) in [7, 11) is 1.21. The molecular formula is C11H13FO2Se. The fourth-order valence-corrected chi connectivity index (χ4v) is 3.12. The third kappa shape index (κ3) is 3.65. The Hall–Kier alpha value is -0.861. The Kier molecular flexibility index (Phi) is 4.79. The quantitative estimate of drug-likeness (QED) is 0.612. The van der Waals surface area contributed by atoms with E-state index in [1.807, 2.05) is 30.3 Å². The van der Waals surface area contributed by atoms with Gasteiger partial charge in [-0.05, 0) is 0 Å². The van der Waals surface area contributed by atoms with Gasteiger partial charge in [-0.3, -0.25) is 0 Å². The molecule has 0 fully saturated rings. The Bertz CT molecular complexity index is 316. The van der Waals surface area contributed by atoms with Crippen LogP contribution in [0.3, 0.4) is 0 Å². The van der Waals surface area contributed by atoms with Crippen molar-refractivity contribution in [3.8, 4) is 0 Å². The van der Waals surface area contributed by atoms with E-state index in [0.29, 0.717) is 0 Å². The number of hydrogen-bond acceptors (Lipinski definition) is 2. The van der Waals surface area contributed by atoms with Gasteiger partial charge in [0.1, 0.15) is 0 Å². The van der Waals surface area contributed by atoms with Gasteiger partial charge in [-0.2, -0.15) is 0 Å². The second-order valence-electron chi connectivity index (χ2n) is 3.06. The Morgan fingerprint density at radius 3 is 2.53 bits per heavy atom. The van der Waals surface area contributed by atoms with Crippen LogP contribution in [-0.4, -0.2) is 34.2 Å². The molecular weight excluding hydrogens is 262 g/mol. The zero-order chi connectivity index (χ0) is 11.3. The van der Waals surface area contributed by atoms with E-state index in [4.69, 9.17) is 0 Å². The second-order valence-corrected chi connectivity index (χ2v) is 6.10. The van der Waals surface area contributed by atoms with Crippen LogP contribution in [-0.2, 0) is 9.53 Å². The minimum absolute atomic E-state index is 0.0468. The molecule has 0 heterocycles. The first-order valence-electron chi connectivity index (χ1n) is 4.58. The Labute approximate surface area is 95.0 Å². The molecule has 0 radical (unpaired) electrons. The zero-order valence-corrected chi connectivity index (χ0v) is 10.4. The molecule has 0 amide bonds. The molecule has 0 saturated carbocycles. The van der Waals surface area contributed by atoms with Gasteiger partial charge >= 0.3 is 94.7 Å². The fourth-order valence-electron chi connectivity index (χ4n) is 1.08. The molecule has 1 rings (SSSR count). The van der Waals surface area contributed by atoms with Crippen molar-refractivity contribution in [3.05, 3.63) is 30.3 Å². The normalized spacial score (nSPS) is 14.3. The number of benzene rings is 1. The van der Waals surface area contributed by atoms with Crippen LogP contribution in [0.25, 0.3) is 0 Å². The van der Waals surface area contributed by atoms with Crippen LogP contribution in [0, 0.1) is 0 Å². The first-order chi connectivity index (χ1) is 7.15. The number of hydrogen-bond donors (Lipinski definition) is 0. The first-order valence-corrected chi connectivity index (χ1v) is 6.43. The van der Waals surface area contributed by atoms with Crippen LogP contribution >= 0.6 is 0 Å². The second kappa shape index (κ2) is 5.88. The van der Waals surface area contributed by atoms with E-state index in [2.05, 4.69) is 4.74 Å². The van der Waals surface area contributed by atoms with Crippen molar-refractivity contribution in [1.29, 1.82) is 0 Å². The number of halogens is 1. The third-order valence-corrected chi connectivity index (χ3v) is 4.33. The molecule has 1 aromatic rings. The summed E-state index contributed by atoms with van der Waals surface area (Å²) in [5.41, 5.74) is 0. The van der Waals surface area contributed by atoms with Gasteiger partial charge in [-0.1, -0.05) is 0 Å². The van der Waals surface area contributed by atoms with Crippen LogP contribution in [0.15, 0.2) is 30.3 Å². The predicted octanol–water partition coefficient (Wildman–Crippen LogP) is 1.34. The number of carbonyl (C=O) groups is 1. The van der Waals surface area contributed by atoms with Gasteiger partial charge in [0, 0.05) is 0 Å². The van der Waals surface area contributed by atoms with E-state index in [0.717, 1.165) is 4.46 Å². The fraction of sp³-hybridized carbons (Fsp3) is 0.364. The Balaban J connectivity index is 2.56. The number of esters is 1. The molecule has 2 atom stereocenters. The molecule has 1 aromatic carbocycles. The SMILES string of the molecule is COC(=O)C(F)C(C)[Se]c1ccccc1. The molecule has 0 aliphatic heterocycles. The van der Waals surface area contributed by atoms with Gasteiger partial charge < -0.3 is 0 Å². The minimum atomic E-state index is -1.52. The summed E-state index contributed by atoms with van der Waals surface area (Å²) in [6.07, 6.45) is -1.52. The van der Waals surface area contributed by atoms with Gasteiger partial charge in [-0.25, -0.2) is 0 Å². The molecule has 0 aromatic heterocycles. The molecule has 15 heavy (non-hydrogen) atoms. The van der Waals surface area contributed by atoms with E-state index < -0.39 is 12.1 Å². The number of methoxy groups -OCH3 is 1. The van der Waals surface area contributed by atoms with E-state index in [1.165, 1.54) is 7.11 Å². The summed E-state index contributed by atoms with van der Waals surface area (Å²) in [6.45, 7) is 1.73. The molecule has 0 N–H and O–H groups in total. The molecule has 0 bridgehead atoms. The predicted molar refractivity (Wildman–Crippen MR) is 58.2 cm³/mol. The van der Waals surface area contributed by atoms with Crippen molar-refractivity contribution >= 4 is 25.4 Å². The molecule has 2 nitrogen and oxygen atoms in total. The molecule has 0 aliphatic rings. The summed E-state index contributed by atoms with van der Waals surface area (Å²) in [4.78, 5) is 10.7. The average Bonchev–Trinajstić information content (AvgIpc) is 2.28. The third-order valence-electron chi connectivity index (χ3n) is 1.90. The Morgan fingerprint density at radius 2 is 2.00 bits per heavy atom. The van der Waals surface area contributed by atoms with Crippen LogP contribution in [0.4, 0.5) is 4.39 Å². The monoisotopic (exact) mass is 276 g/mol. The van der Waals surface area contributed by atoms with Crippen molar-refractivity contribution in [3.63, 3.8) is 0 Å². The maximum atomic E-state index is 13.4. The van der Waals surface area contributed by atoms with Crippen molar-refractivity contribution in [2.75, 3.05) is 7.11 Å². The average molecular weight is 275 g/mol. The number of carbonyl (C=O) groups excluding carboxylic acids is 1. The van der Waals surface area contributed by atoms with Gasteiger partial charge in [0.2, 0.25) is 0 Å². The van der Waals surface area contributed by atoms with E-state index >= 15 is 0 Å². The molecule has 2 unspecified atom stereocenters. The number of alkyl halides is 1. The van der Waals surface area contributed by atoms with E-state index in [9.17, 15) is 9.18 Å². The summed E-state index contributed by atoms with van der Waals surface area (Å²) in [6, 6.07) is 9.63. The van der Waals surface area contributed by atoms with E-state index in [-0.39, 0.29) is 19.8 Å². The molecule has 0 saturated heterocycles. The summed E-state index contributed by atoms with van der Waals surface area (Å²) >= 11 is -0.0468. The summed E-state index contributed by atoms with van der Waals surface area (Å²) < 4.78 is 18.9. The van der Waals surface area contributed by atoms with Crippen LogP contribution in [0.1, 0.15) is 6.92 Å². The van der Waals surface area contributed by atoms with Crippen molar-refractivity contribution in [2.45, 2.75) is 17.9 Å². The van der Waals surface area contributed by atoms with Crippen LogP contribution < -0.4 is 4.46 Å². The number of ether oxygens (including phenoxy) is 1. The Morgan fingerprint density at radius 1 is 1.40 bits per heavy atom. The van der Waals surface area contributed by atoms with Crippen LogP contribution in [0.2, 0.25) is 4.82 Å². The molecule has 82 valence electrons. The summed E-state index contributed by atoms with van der Waals surface area (Å²) in [5, 5.41) is 0. The number of rotatable bonds is 4. The van der Waals surface area contributed by atoms with Crippen LogP contribution in [0.5, 0.6) is 0 Å². The molecule has 0 spiro atoms. The van der Waals surface area contributed by atoms with Crippen molar-refractivity contribution < 1.29 is 13.9 Å². The summed E-state index contributed by atoms with van der Waals surface area (Å²) in [5.74, 6) is -0.777. The topological polar surface area (TPSA) is 26.3 Å². The van der Waals surface area contributed by atoms with Gasteiger partial charge in [0.05, 0.1) is 0 Å². The standard InChI is InChI=1S/C11H13FO2Se/c1-8(10(12)11(13)14-2)15-9-6-4-3-5-7-9/h3-8,10H,1-2H3. The molecule has 0 aliphatic carbocycles. The van der Waals surface area contributed by atoms with E-state index in [1.54, 1.807) is 6.92 Å². The van der Waals surface area contributed by atoms with Crippen molar-refractivity contribution in [1.82, 2.24) is 0 Å². The zero-order valence-electron chi connectivity index (χ0n) is 8.64. The van der Waals surface area contributed by atoms with Gasteiger partial charge in [0.25, 0.3) is 0 Å². The van der Waals surface area contributed by atoms with Gasteiger partial charge in [-0.15, -0.1) is 0 Å². The van der Waals surface area contributed by atoms with Crippen molar-refractivity contribution in [2.24, 2.45) is 0 Å².